The van der Waals surface area contributed by atoms with Crippen LogP contribution in [0.4, 0.5) is 0 Å². The van der Waals surface area contributed by atoms with Crippen molar-refractivity contribution in [2.75, 3.05) is 34.8 Å². The molecule has 18 atom stereocenters. The molecule has 0 spiro atoms. The minimum atomic E-state index is -1.80. The summed E-state index contributed by atoms with van der Waals surface area (Å²) in [4.78, 5) is 18.0. The van der Waals surface area contributed by atoms with E-state index in [1.165, 1.54) is 14.0 Å². The molecule has 3 fully saturated rings. The number of hydrogen-bond acceptors (Lipinski definition) is 14. The number of hydrogen-bond donors (Lipinski definition) is 5. The molecule has 52 heavy (non-hydrogen) atoms. The fourth-order valence-corrected chi connectivity index (χ4v) is 8.74. The van der Waals surface area contributed by atoms with Crippen molar-refractivity contribution < 1.29 is 58.7 Å². The quantitative estimate of drug-likeness (QED) is 0.238. The molecule has 3 saturated heterocycles. The summed E-state index contributed by atoms with van der Waals surface area (Å²) in [5.41, 5.74) is -4.37. The molecule has 3 heterocycles. The molecule has 0 bridgehead atoms. The highest BCUT2D eigenvalue weighted by atomic mass is 16.7. The molecule has 0 amide bonds. The molecule has 306 valence electrons. The van der Waals surface area contributed by atoms with Crippen LogP contribution in [0.5, 0.6) is 0 Å². The van der Waals surface area contributed by atoms with Crippen LogP contribution in [0, 0.1) is 17.8 Å². The van der Waals surface area contributed by atoms with Crippen LogP contribution in [0.15, 0.2) is 0 Å². The molecule has 0 aromatic heterocycles. The Labute approximate surface area is 312 Å². The van der Waals surface area contributed by atoms with Crippen molar-refractivity contribution in [1.82, 2.24) is 9.80 Å². The maximum Gasteiger partial charge on any atom is 0.311 e. The van der Waals surface area contributed by atoms with Gasteiger partial charge >= 0.3 is 5.97 Å². The van der Waals surface area contributed by atoms with E-state index in [0.29, 0.717) is 13.0 Å². The number of nitrogens with zero attached hydrogens (tertiary/aromatic N) is 2. The summed E-state index contributed by atoms with van der Waals surface area (Å²) < 4.78 is 37.5. The van der Waals surface area contributed by atoms with Crippen LogP contribution >= 0.6 is 0 Å². The van der Waals surface area contributed by atoms with Crippen molar-refractivity contribution in [2.24, 2.45) is 17.8 Å². The average Bonchev–Trinajstić information content (AvgIpc) is 3.05. The van der Waals surface area contributed by atoms with Crippen LogP contribution in [0.3, 0.4) is 0 Å². The highest BCUT2D eigenvalue weighted by molar-refractivity contribution is 5.73. The third kappa shape index (κ3) is 10.0. The number of carbonyl (C=O) groups is 1. The predicted octanol–water partition coefficient (Wildman–Crippen LogP) is 1.90. The van der Waals surface area contributed by atoms with E-state index in [2.05, 4.69) is 0 Å². The van der Waals surface area contributed by atoms with Crippen molar-refractivity contribution in [2.45, 2.75) is 185 Å². The van der Waals surface area contributed by atoms with Gasteiger partial charge in [0.25, 0.3) is 0 Å². The third-order valence-corrected chi connectivity index (χ3v) is 12.2. The Morgan fingerprint density at radius 3 is 2.12 bits per heavy atom. The second-order valence-corrected chi connectivity index (χ2v) is 17.2. The topological polar surface area (TPSA) is 180 Å². The zero-order valence-electron chi connectivity index (χ0n) is 34.2. The Morgan fingerprint density at radius 2 is 1.56 bits per heavy atom. The fourth-order valence-electron chi connectivity index (χ4n) is 8.74. The number of methoxy groups -OCH3 is 1. The van der Waals surface area contributed by atoms with Crippen molar-refractivity contribution >= 4 is 5.97 Å². The maximum absolute atomic E-state index is 14.2. The van der Waals surface area contributed by atoms with Gasteiger partial charge in [0.2, 0.25) is 0 Å². The lowest BCUT2D eigenvalue weighted by Gasteiger charge is -2.48. The molecule has 0 aromatic carbocycles. The number of rotatable bonds is 7. The van der Waals surface area contributed by atoms with Gasteiger partial charge in [-0.1, -0.05) is 20.8 Å². The number of cyclic esters (lactones) is 1. The summed E-state index contributed by atoms with van der Waals surface area (Å²) in [6.07, 6.45) is -8.19. The summed E-state index contributed by atoms with van der Waals surface area (Å²) in [6.45, 7) is 18.0. The van der Waals surface area contributed by atoms with Crippen LogP contribution in [0.25, 0.3) is 0 Å². The SMILES string of the molecule is CC[C@H]1OC(=O)[C@@H](C)[C@@H](O[C@@H]2C[C@@](C)(OC)[C@H](O)C(C)O2)[C@@H](C)[C@@H](O[C@H]2O[C@@H](C)C[C@@H](N(C)C)[C@H]2O)[C@](C)(O)C[C@@H](C)CN(C)[C@@H](C)[C@@H](O)[C@]1(C)O. The number of likely N-dealkylation sites (N-methyl/N-ethyl adjacent to an activating group) is 2. The van der Waals surface area contributed by atoms with Crippen LogP contribution < -0.4 is 0 Å². The number of aliphatic hydroxyl groups is 5. The van der Waals surface area contributed by atoms with E-state index in [9.17, 15) is 30.3 Å². The van der Waals surface area contributed by atoms with Gasteiger partial charge < -0.3 is 63.8 Å². The van der Waals surface area contributed by atoms with Gasteiger partial charge in [-0.3, -0.25) is 4.79 Å². The number of carbonyl (C=O) groups excluding carboxylic acids is 1. The molecule has 14 heteroatoms. The Morgan fingerprint density at radius 1 is 0.942 bits per heavy atom. The van der Waals surface area contributed by atoms with Crippen molar-refractivity contribution in [1.29, 1.82) is 0 Å². The van der Waals surface area contributed by atoms with E-state index < -0.39 is 96.0 Å². The normalized spacial score (nSPS) is 49.6. The fraction of sp³-hybridized carbons (Fsp3) is 0.974. The first kappa shape index (κ1) is 45.4. The van der Waals surface area contributed by atoms with Gasteiger partial charge in [0.05, 0.1) is 41.5 Å². The highest BCUT2D eigenvalue weighted by Gasteiger charge is 2.52. The van der Waals surface area contributed by atoms with Crippen molar-refractivity contribution in [3.05, 3.63) is 0 Å². The monoisotopic (exact) mass is 749 g/mol. The zero-order chi connectivity index (χ0) is 39.7. The van der Waals surface area contributed by atoms with E-state index in [-0.39, 0.29) is 37.3 Å². The third-order valence-electron chi connectivity index (χ3n) is 12.2. The molecule has 0 radical (unpaired) electrons. The standard InChI is InChI=1S/C38H72N2O12/c1-15-27-38(10,46)31(42)24(6)40(13)19-20(2)17-36(8,45)33(52-35-29(41)26(39(11)12)16-21(3)48-35)22(4)30(23(5)34(44)50-27)51-28-18-37(9,47-14)32(43)25(7)49-28/h20-33,35,41-43,45-46H,15-19H2,1-14H3/t20-,21+,22-,23+,24+,25?,26-,27-,28-,29-,30+,31-,32-,33-,35-,36-,37-,38-/m1/s1. The Balaban J connectivity index is 2.17. The van der Waals surface area contributed by atoms with E-state index in [0.717, 1.165) is 0 Å². The highest BCUT2D eigenvalue weighted by Crippen LogP contribution is 2.40. The van der Waals surface area contributed by atoms with E-state index in [1.54, 1.807) is 41.5 Å². The number of ether oxygens (including phenoxy) is 6. The molecule has 5 N–H and O–H groups in total. The second kappa shape index (κ2) is 17.8. The lowest BCUT2D eigenvalue weighted by atomic mass is 9.77. The summed E-state index contributed by atoms with van der Waals surface area (Å²) in [6, 6.07) is -0.808. The lowest BCUT2D eigenvalue weighted by Crippen LogP contribution is -2.60. The lowest BCUT2D eigenvalue weighted by molar-refractivity contribution is -0.318. The summed E-state index contributed by atoms with van der Waals surface area (Å²) in [7, 11) is 7.12. The van der Waals surface area contributed by atoms with Crippen LogP contribution in [-0.2, 0) is 33.2 Å². The van der Waals surface area contributed by atoms with E-state index >= 15 is 0 Å². The largest absolute Gasteiger partial charge is 0.459 e. The van der Waals surface area contributed by atoms with Crippen molar-refractivity contribution in [3.8, 4) is 0 Å². The second-order valence-electron chi connectivity index (χ2n) is 17.2. The van der Waals surface area contributed by atoms with Crippen LogP contribution in [-0.4, -0.2) is 166 Å². The molecule has 0 saturated carbocycles. The van der Waals surface area contributed by atoms with Crippen LogP contribution in [0.2, 0.25) is 0 Å². The molecule has 3 aliphatic rings. The first-order chi connectivity index (χ1) is 23.9. The van der Waals surface area contributed by atoms with Gasteiger partial charge in [0.15, 0.2) is 12.6 Å². The molecule has 0 aromatic rings. The predicted molar refractivity (Wildman–Crippen MR) is 194 cm³/mol. The Bertz CT molecular complexity index is 1140. The maximum atomic E-state index is 14.2. The minimum absolute atomic E-state index is 0.133. The summed E-state index contributed by atoms with van der Waals surface area (Å²) in [5.74, 6) is -2.58. The summed E-state index contributed by atoms with van der Waals surface area (Å²) >= 11 is 0. The molecular weight excluding hydrogens is 676 g/mol. The number of esters is 1. The first-order valence-electron chi connectivity index (χ1n) is 19.1. The van der Waals surface area contributed by atoms with Gasteiger partial charge in [0.1, 0.15) is 30.0 Å². The van der Waals surface area contributed by atoms with Crippen LogP contribution in [0.1, 0.15) is 94.9 Å². The van der Waals surface area contributed by atoms with Crippen molar-refractivity contribution in [3.63, 3.8) is 0 Å². The minimum Gasteiger partial charge on any atom is -0.459 e. The van der Waals surface area contributed by atoms with E-state index in [1.807, 2.05) is 51.7 Å². The zero-order valence-corrected chi connectivity index (χ0v) is 34.2. The molecule has 1 unspecified atom stereocenters. The molecule has 14 nitrogen and oxygen atoms in total. The van der Waals surface area contributed by atoms with Gasteiger partial charge in [-0.15, -0.1) is 0 Å². The average molecular weight is 749 g/mol. The van der Waals surface area contributed by atoms with Gasteiger partial charge in [-0.2, -0.15) is 0 Å². The first-order valence-corrected chi connectivity index (χ1v) is 19.1. The summed E-state index contributed by atoms with van der Waals surface area (Å²) in [5, 5.41) is 58.1. The number of aliphatic hydroxyl groups excluding tert-OH is 3. The van der Waals surface area contributed by atoms with Gasteiger partial charge in [-0.25, -0.2) is 0 Å². The Hall–Kier alpha value is -1.01. The molecule has 3 aliphatic heterocycles. The molecular formula is C38H72N2O12. The molecule has 3 rings (SSSR count). The smallest absolute Gasteiger partial charge is 0.311 e. The Kier molecular flexibility index (Phi) is 15.6. The molecule has 0 aliphatic carbocycles. The van der Waals surface area contributed by atoms with E-state index in [4.69, 9.17) is 28.4 Å². The van der Waals surface area contributed by atoms with Gasteiger partial charge in [-0.05, 0) is 94.8 Å². The van der Waals surface area contributed by atoms with Gasteiger partial charge in [0, 0.05) is 38.1 Å².